The average molecular weight is 387 g/mol. The number of sulfone groups is 1. The molecule has 1 amide bonds. The van der Waals surface area contributed by atoms with E-state index in [4.69, 9.17) is 9.15 Å². The molecule has 0 unspecified atom stereocenters. The lowest BCUT2D eigenvalue weighted by atomic mass is 10.1. The predicted molar refractivity (Wildman–Crippen MR) is 97.6 cm³/mol. The van der Waals surface area contributed by atoms with Crippen LogP contribution in [0.5, 0.6) is 5.75 Å². The van der Waals surface area contributed by atoms with Gasteiger partial charge in [0.05, 0.1) is 24.0 Å². The fraction of sp³-hybridized carbons (Fsp3) is 0.167. The van der Waals surface area contributed by atoms with Gasteiger partial charge in [-0.25, -0.2) is 8.42 Å². The van der Waals surface area contributed by atoms with E-state index in [1.807, 2.05) is 24.3 Å². The van der Waals surface area contributed by atoms with Crippen molar-refractivity contribution in [3.05, 3.63) is 65.5 Å². The minimum atomic E-state index is -3.55. The van der Waals surface area contributed by atoms with E-state index in [-0.39, 0.29) is 16.5 Å². The normalized spacial score (nSPS) is 11.2. The molecule has 0 radical (unpaired) electrons. The predicted octanol–water partition coefficient (Wildman–Crippen LogP) is 2.32. The van der Waals surface area contributed by atoms with Gasteiger partial charge in [0, 0.05) is 6.26 Å². The topological polar surface area (TPSA) is 111 Å². The van der Waals surface area contributed by atoms with Crippen LogP contribution in [0.1, 0.15) is 21.8 Å². The maximum absolute atomic E-state index is 12.4. The summed E-state index contributed by atoms with van der Waals surface area (Å²) in [5.74, 6) is 0.407. The van der Waals surface area contributed by atoms with Crippen molar-refractivity contribution in [2.75, 3.05) is 18.7 Å². The van der Waals surface area contributed by atoms with E-state index in [9.17, 15) is 13.2 Å². The monoisotopic (exact) mass is 387 g/mol. The summed E-state index contributed by atoms with van der Waals surface area (Å²) in [7, 11) is -1.96. The van der Waals surface area contributed by atoms with Crippen LogP contribution in [0, 0.1) is 0 Å². The summed E-state index contributed by atoms with van der Waals surface area (Å²) in [6, 6.07) is 13.2. The third-order valence-electron chi connectivity index (χ3n) is 3.73. The Balaban J connectivity index is 1.73. The van der Waals surface area contributed by atoms with Crippen molar-refractivity contribution >= 4 is 21.8 Å². The maximum Gasteiger partial charge on any atom is 0.322 e. The molecule has 0 spiro atoms. The number of ether oxygens (including phenoxy) is 1. The molecule has 2 aromatic carbocycles. The van der Waals surface area contributed by atoms with Crippen LogP contribution in [0.2, 0.25) is 0 Å². The van der Waals surface area contributed by atoms with E-state index >= 15 is 0 Å². The first kappa shape index (κ1) is 18.6. The summed E-state index contributed by atoms with van der Waals surface area (Å²) in [5.41, 5.74) is 0.939. The van der Waals surface area contributed by atoms with Crippen molar-refractivity contribution in [3.63, 3.8) is 0 Å². The highest BCUT2D eigenvalue weighted by Crippen LogP contribution is 2.18. The first-order valence-electron chi connectivity index (χ1n) is 7.92. The highest BCUT2D eigenvalue weighted by atomic mass is 32.2. The average Bonchev–Trinajstić information content (AvgIpc) is 3.08. The zero-order valence-electron chi connectivity index (χ0n) is 14.7. The molecule has 0 fully saturated rings. The molecule has 140 valence electrons. The number of benzene rings is 2. The molecule has 1 heterocycles. The summed E-state index contributed by atoms with van der Waals surface area (Å²) in [4.78, 5) is 12.3. The molecule has 9 heteroatoms. The molecule has 27 heavy (non-hydrogen) atoms. The number of hydrogen-bond donors (Lipinski definition) is 1. The lowest BCUT2D eigenvalue weighted by molar-refractivity contribution is 0.102. The number of methoxy groups -OCH3 is 1. The number of nitrogens with one attached hydrogen (secondary N) is 1. The van der Waals surface area contributed by atoms with E-state index in [1.54, 1.807) is 19.2 Å². The molecule has 0 aliphatic rings. The highest BCUT2D eigenvalue weighted by molar-refractivity contribution is 7.90. The third-order valence-corrected chi connectivity index (χ3v) is 4.89. The lowest BCUT2D eigenvalue weighted by Crippen LogP contribution is -2.16. The van der Waals surface area contributed by atoms with Crippen LogP contribution in [0.3, 0.4) is 0 Å². The fourth-order valence-electron chi connectivity index (χ4n) is 2.44. The van der Waals surface area contributed by atoms with Crippen LogP contribution >= 0.6 is 0 Å². The van der Waals surface area contributed by atoms with Gasteiger partial charge in [0.2, 0.25) is 5.89 Å². The van der Waals surface area contributed by atoms with Gasteiger partial charge in [-0.1, -0.05) is 29.4 Å². The molecule has 1 aromatic heterocycles. The van der Waals surface area contributed by atoms with Gasteiger partial charge in [0.15, 0.2) is 9.84 Å². The van der Waals surface area contributed by atoms with E-state index < -0.39 is 15.7 Å². The van der Waals surface area contributed by atoms with E-state index in [0.717, 1.165) is 17.6 Å². The molecule has 0 bridgehead atoms. The van der Waals surface area contributed by atoms with Crippen LogP contribution in [0.25, 0.3) is 0 Å². The largest absolute Gasteiger partial charge is 0.497 e. The van der Waals surface area contributed by atoms with Gasteiger partial charge in [0.25, 0.3) is 5.91 Å². The Bertz CT molecular complexity index is 1060. The van der Waals surface area contributed by atoms with Gasteiger partial charge in [-0.15, -0.1) is 5.10 Å². The van der Waals surface area contributed by atoms with Gasteiger partial charge >= 0.3 is 6.01 Å². The number of anilines is 1. The Hall–Kier alpha value is -3.20. The second kappa shape index (κ2) is 7.58. The van der Waals surface area contributed by atoms with Crippen molar-refractivity contribution in [3.8, 4) is 5.75 Å². The second-order valence-corrected chi connectivity index (χ2v) is 7.73. The van der Waals surface area contributed by atoms with E-state index in [1.165, 1.54) is 12.1 Å². The van der Waals surface area contributed by atoms with Crippen LogP contribution in [0.4, 0.5) is 6.01 Å². The van der Waals surface area contributed by atoms with Crippen molar-refractivity contribution in [2.24, 2.45) is 0 Å². The number of hydrogen-bond acceptors (Lipinski definition) is 7. The molecule has 0 saturated heterocycles. The lowest BCUT2D eigenvalue weighted by Gasteiger charge is -2.06. The van der Waals surface area contributed by atoms with Crippen molar-refractivity contribution in [1.29, 1.82) is 0 Å². The van der Waals surface area contributed by atoms with Gasteiger partial charge in [-0.3, -0.25) is 10.1 Å². The number of nitrogens with zero attached hydrogens (tertiary/aromatic N) is 2. The zero-order chi connectivity index (χ0) is 19.4. The zero-order valence-corrected chi connectivity index (χ0v) is 15.5. The summed E-state index contributed by atoms with van der Waals surface area (Å²) < 4.78 is 34.2. The fourth-order valence-corrected chi connectivity index (χ4v) is 3.32. The molecular weight excluding hydrogens is 370 g/mol. The van der Waals surface area contributed by atoms with Gasteiger partial charge < -0.3 is 9.15 Å². The first-order chi connectivity index (χ1) is 12.9. The van der Waals surface area contributed by atoms with Crippen molar-refractivity contribution < 1.29 is 22.4 Å². The molecule has 0 atom stereocenters. The van der Waals surface area contributed by atoms with Crippen LogP contribution < -0.4 is 10.1 Å². The Morgan fingerprint density at radius 1 is 1.11 bits per heavy atom. The smallest absolute Gasteiger partial charge is 0.322 e. The number of aromatic nitrogens is 2. The summed E-state index contributed by atoms with van der Waals surface area (Å²) in [5, 5.41) is 10.1. The van der Waals surface area contributed by atoms with Crippen LogP contribution in [-0.4, -0.2) is 37.9 Å². The summed E-state index contributed by atoms with van der Waals surface area (Å²) in [6.45, 7) is 0. The summed E-state index contributed by atoms with van der Waals surface area (Å²) in [6.07, 6.45) is 1.42. The summed E-state index contributed by atoms with van der Waals surface area (Å²) >= 11 is 0. The molecule has 3 aromatic rings. The quantitative estimate of drug-likeness (QED) is 0.691. The standard InChI is InChI=1S/C18H17N3O5S/c1-25-13-9-7-12(8-10-13)11-16-20-21-18(26-16)19-17(22)14-5-3-4-6-15(14)27(2,23)24/h3-10H,11H2,1-2H3,(H,19,21,22). The molecule has 8 nitrogen and oxygen atoms in total. The molecule has 0 aliphatic heterocycles. The Kier molecular flexibility index (Phi) is 5.22. The van der Waals surface area contributed by atoms with E-state index in [2.05, 4.69) is 15.5 Å². The van der Waals surface area contributed by atoms with Gasteiger partial charge in [0.1, 0.15) is 5.75 Å². The Morgan fingerprint density at radius 2 is 1.81 bits per heavy atom. The van der Waals surface area contributed by atoms with E-state index in [0.29, 0.717) is 12.3 Å². The first-order valence-corrected chi connectivity index (χ1v) is 9.81. The Morgan fingerprint density at radius 3 is 2.48 bits per heavy atom. The molecular formula is C18H17N3O5S. The number of rotatable bonds is 6. The van der Waals surface area contributed by atoms with Crippen LogP contribution in [-0.2, 0) is 16.3 Å². The second-order valence-electron chi connectivity index (χ2n) is 5.75. The minimum absolute atomic E-state index is 0.00917. The highest BCUT2D eigenvalue weighted by Gasteiger charge is 2.20. The minimum Gasteiger partial charge on any atom is -0.497 e. The molecule has 1 N–H and O–H groups in total. The van der Waals surface area contributed by atoms with Gasteiger partial charge in [-0.05, 0) is 29.8 Å². The number of amides is 1. The SMILES string of the molecule is COc1ccc(Cc2nnc(NC(=O)c3ccccc3S(C)(=O)=O)o2)cc1. The van der Waals surface area contributed by atoms with Gasteiger partial charge in [-0.2, -0.15) is 0 Å². The van der Waals surface area contributed by atoms with Crippen molar-refractivity contribution in [2.45, 2.75) is 11.3 Å². The molecule has 0 aliphatic carbocycles. The molecule has 3 rings (SSSR count). The Labute approximate surface area is 156 Å². The van der Waals surface area contributed by atoms with Crippen molar-refractivity contribution in [1.82, 2.24) is 10.2 Å². The van der Waals surface area contributed by atoms with Crippen LogP contribution in [0.15, 0.2) is 57.8 Å². The number of carbonyl (C=O) groups is 1. The third kappa shape index (κ3) is 4.50. The molecule has 0 saturated carbocycles. The number of carbonyl (C=O) groups excluding carboxylic acids is 1. The maximum atomic E-state index is 12.4.